The molecule has 164 valence electrons. The number of rotatable bonds is 7. The molecule has 0 aliphatic rings. The maximum atomic E-state index is 14.4. The van der Waals surface area contributed by atoms with E-state index < -0.39 is 23.2 Å². The van der Waals surface area contributed by atoms with Gasteiger partial charge in [0, 0.05) is 17.8 Å². The zero-order chi connectivity index (χ0) is 22.7. The minimum absolute atomic E-state index is 0.0333. The van der Waals surface area contributed by atoms with Crippen LogP contribution in [0.1, 0.15) is 33.7 Å². The molecule has 1 aromatic heterocycles. The van der Waals surface area contributed by atoms with Crippen LogP contribution in [0.5, 0.6) is 11.5 Å². The molecule has 0 unspecified atom stereocenters. The van der Waals surface area contributed by atoms with Crippen molar-refractivity contribution >= 4 is 11.6 Å². The van der Waals surface area contributed by atoms with E-state index in [1.165, 1.54) is 23.8 Å². The predicted molar refractivity (Wildman–Crippen MR) is 116 cm³/mol. The molecule has 1 heterocycles. The smallest absolute Gasteiger partial charge is 0.355 e. The topological polar surface area (TPSA) is 87.4 Å². The number of benzene rings is 2. The van der Waals surface area contributed by atoms with Crippen LogP contribution in [0.15, 0.2) is 52.1 Å². The van der Waals surface area contributed by atoms with Gasteiger partial charge in [-0.05, 0) is 64.1 Å². The van der Waals surface area contributed by atoms with E-state index in [0.717, 1.165) is 4.57 Å². The van der Waals surface area contributed by atoms with Gasteiger partial charge in [-0.15, -0.1) is 0 Å². The van der Waals surface area contributed by atoms with Crippen molar-refractivity contribution in [1.29, 1.82) is 0 Å². The van der Waals surface area contributed by atoms with Crippen LogP contribution in [0.2, 0.25) is 0 Å². The van der Waals surface area contributed by atoms with Crippen molar-refractivity contribution in [2.45, 2.75) is 39.8 Å². The molecule has 2 aromatic carbocycles. The van der Waals surface area contributed by atoms with Gasteiger partial charge in [0.15, 0.2) is 11.6 Å². The molecule has 8 nitrogen and oxygen atoms in total. The third kappa shape index (κ3) is 4.76. The largest absolute Gasteiger partial charge is 0.497 e. The van der Waals surface area contributed by atoms with Gasteiger partial charge >= 0.3 is 11.4 Å². The highest BCUT2D eigenvalue weighted by molar-refractivity contribution is 5.57. The quantitative estimate of drug-likeness (QED) is 0.618. The Morgan fingerprint density at radius 3 is 2.26 bits per heavy atom. The first-order valence-electron chi connectivity index (χ1n) is 9.84. The molecule has 0 aliphatic carbocycles. The summed E-state index contributed by atoms with van der Waals surface area (Å²) in [5, 5.41) is 2.88. The Morgan fingerprint density at radius 2 is 1.71 bits per heavy atom. The molecule has 0 radical (unpaired) electrons. The van der Waals surface area contributed by atoms with Crippen molar-refractivity contribution in [3.63, 3.8) is 0 Å². The summed E-state index contributed by atoms with van der Waals surface area (Å²) in [6.45, 7) is 7.04. The van der Waals surface area contributed by atoms with E-state index in [9.17, 15) is 14.0 Å². The molecule has 3 aromatic rings. The third-order valence-corrected chi connectivity index (χ3v) is 4.41. The van der Waals surface area contributed by atoms with E-state index in [4.69, 9.17) is 9.47 Å². The standard InChI is InChI=1S/C22H25FN4O4/c1-13(2)26-21(28)25-20(24-15-6-11-19(18(23)12-15)31-14(3)4)27(22(26)29)16-7-9-17(30-5)10-8-16/h6-14H,1-5H3,(H,24,25,28). The van der Waals surface area contributed by atoms with E-state index in [1.807, 2.05) is 0 Å². The minimum Gasteiger partial charge on any atom is -0.497 e. The maximum Gasteiger partial charge on any atom is 0.355 e. The van der Waals surface area contributed by atoms with Crippen LogP contribution in [-0.2, 0) is 0 Å². The summed E-state index contributed by atoms with van der Waals surface area (Å²) in [6.07, 6.45) is -0.182. The SMILES string of the molecule is COc1ccc(-n2c(Nc3ccc(OC(C)C)c(F)c3)nc(=O)n(C(C)C)c2=O)cc1. The number of nitrogens with zero attached hydrogens (tertiary/aromatic N) is 3. The Balaban J connectivity index is 2.12. The lowest BCUT2D eigenvalue weighted by Gasteiger charge is -2.17. The van der Waals surface area contributed by atoms with Gasteiger partial charge in [0.2, 0.25) is 5.95 Å². The number of hydrogen-bond acceptors (Lipinski definition) is 6. The number of aromatic nitrogens is 3. The van der Waals surface area contributed by atoms with Gasteiger partial charge in [0.25, 0.3) is 0 Å². The predicted octanol–water partition coefficient (Wildman–Crippen LogP) is 3.65. The summed E-state index contributed by atoms with van der Waals surface area (Å²) in [6, 6.07) is 10.6. The summed E-state index contributed by atoms with van der Waals surface area (Å²) < 4.78 is 27.3. The lowest BCUT2D eigenvalue weighted by molar-refractivity contribution is 0.231. The average molecular weight is 428 g/mol. The summed E-state index contributed by atoms with van der Waals surface area (Å²) >= 11 is 0. The van der Waals surface area contributed by atoms with Gasteiger partial charge in [-0.1, -0.05) is 0 Å². The molecule has 0 fully saturated rings. The Hall–Kier alpha value is -3.62. The highest BCUT2D eigenvalue weighted by Crippen LogP contribution is 2.25. The summed E-state index contributed by atoms with van der Waals surface area (Å²) in [7, 11) is 1.54. The van der Waals surface area contributed by atoms with Crippen molar-refractivity contribution in [2.75, 3.05) is 12.4 Å². The minimum atomic E-state index is -0.701. The van der Waals surface area contributed by atoms with Gasteiger partial charge < -0.3 is 14.8 Å². The van der Waals surface area contributed by atoms with Crippen LogP contribution in [0, 0.1) is 5.82 Å². The fourth-order valence-electron chi connectivity index (χ4n) is 3.02. The van der Waals surface area contributed by atoms with Gasteiger partial charge in [-0.25, -0.2) is 23.1 Å². The van der Waals surface area contributed by atoms with Crippen LogP contribution in [0.3, 0.4) is 0 Å². The molecule has 0 saturated heterocycles. The number of nitrogens with one attached hydrogen (secondary N) is 1. The second kappa shape index (κ2) is 9.03. The van der Waals surface area contributed by atoms with Crippen LogP contribution < -0.4 is 26.2 Å². The zero-order valence-electron chi connectivity index (χ0n) is 18.0. The number of halogens is 1. The molecule has 0 bridgehead atoms. The Kier molecular flexibility index (Phi) is 6.43. The van der Waals surface area contributed by atoms with Crippen LogP contribution in [0.4, 0.5) is 16.0 Å². The molecule has 0 atom stereocenters. The van der Waals surface area contributed by atoms with Gasteiger partial charge in [0.05, 0.1) is 18.9 Å². The summed E-state index contributed by atoms with van der Waals surface area (Å²) in [4.78, 5) is 29.7. The first-order chi connectivity index (χ1) is 14.7. The number of methoxy groups -OCH3 is 1. The number of ether oxygens (including phenoxy) is 2. The van der Waals surface area contributed by atoms with Crippen LogP contribution >= 0.6 is 0 Å². The van der Waals surface area contributed by atoms with Crippen molar-refractivity contribution in [1.82, 2.24) is 14.1 Å². The molecule has 0 spiro atoms. The van der Waals surface area contributed by atoms with E-state index in [2.05, 4.69) is 10.3 Å². The van der Waals surface area contributed by atoms with Gasteiger partial charge in [0.1, 0.15) is 5.75 Å². The first kappa shape index (κ1) is 22.1. The average Bonchev–Trinajstić information content (AvgIpc) is 2.69. The lowest BCUT2D eigenvalue weighted by atomic mass is 10.2. The summed E-state index contributed by atoms with van der Waals surface area (Å²) in [5.41, 5.74) is -0.490. The molecular weight excluding hydrogens is 403 g/mol. The lowest BCUT2D eigenvalue weighted by Crippen LogP contribution is -2.42. The van der Waals surface area contributed by atoms with Crippen molar-refractivity contribution < 1.29 is 13.9 Å². The van der Waals surface area contributed by atoms with Crippen molar-refractivity contribution in [3.8, 4) is 17.2 Å². The number of hydrogen-bond donors (Lipinski definition) is 1. The van der Waals surface area contributed by atoms with Gasteiger partial charge in [-0.2, -0.15) is 4.98 Å². The fraction of sp³-hybridized carbons (Fsp3) is 0.318. The van der Waals surface area contributed by atoms with E-state index in [0.29, 0.717) is 17.1 Å². The fourth-order valence-corrected chi connectivity index (χ4v) is 3.02. The van der Waals surface area contributed by atoms with E-state index in [1.54, 1.807) is 58.0 Å². The first-order valence-corrected chi connectivity index (χ1v) is 9.84. The third-order valence-electron chi connectivity index (χ3n) is 4.41. The molecule has 0 saturated carbocycles. The molecule has 0 aliphatic heterocycles. The van der Waals surface area contributed by atoms with E-state index in [-0.39, 0.29) is 17.8 Å². The Bertz CT molecular complexity index is 1180. The van der Waals surface area contributed by atoms with Crippen molar-refractivity contribution in [3.05, 3.63) is 69.3 Å². The van der Waals surface area contributed by atoms with E-state index >= 15 is 0 Å². The van der Waals surface area contributed by atoms with Crippen LogP contribution in [0.25, 0.3) is 5.69 Å². The normalized spacial score (nSPS) is 11.1. The van der Waals surface area contributed by atoms with Crippen LogP contribution in [-0.4, -0.2) is 27.3 Å². The monoisotopic (exact) mass is 428 g/mol. The number of anilines is 2. The molecular formula is C22H25FN4O4. The Labute approximate surface area is 178 Å². The zero-order valence-corrected chi connectivity index (χ0v) is 18.0. The highest BCUT2D eigenvalue weighted by atomic mass is 19.1. The second-order valence-corrected chi connectivity index (χ2v) is 7.43. The van der Waals surface area contributed by atoms with Crippen molar-refractivity contribution in [2.24, 2.45) is 0 Å². The Morgan fingerprint density at radius 1 is 1.03 bits per heavy atom. The molecule has 9 heteroatoms. The maximum absolute atomic E-state index is 14.4. The second-order valence-electron chi connectivity index (χ2n) is 7.43. The molecule has 3 rings (SSSR count). The highest BCUT2D eigenvalue weighted by Gasteiger charge is 2.17. The molecule has 1 N–H and O–H groups in total. The van der Waals surface area contributed by atoms with Gasteiger partial charge in [-0.3, -0.25) is 0 Å². The molecule has 0 amide bonds. The molecule has 31 heavy (non-hydrogen) atoms. The summed E-state index contributed by atoms with van der Waals surface area (Å²) in [5.74, 6) is 0.108.